The smallest absolute Gasteiger partial charge is 0.277 e. The van der Waals surface area contributed by atoms with Crippen molar-refractivity contribution in [3.8, 4) is 17.2 Å². The minimum absolute atomic E-state index is 0.154. The normalized spacial score (nSPS) is 10.5. The van der Waals surface area contributed by atoms with E-state index in [2.05, 4.69) is 10.5 Å². The number of ether oxygens (including phenoxy) is 3. The van der Waals surface area contributed by atoms with Gasteiger partial charge in [-0.3, -0.25) is 4.79 Å². The van der Waals surface area contributed by atoms with Gasteiger partial charge in [-0.25, -0.2) is 5.43 Å². The van der Waals surface area contributed by atoms with Gasteiger partial charge in [0.05, 0.1) is 20.4 Å². The predicted molar refractivity (Wildman–Crippen MR) is 92.2 cm³/mol. The number of nitrogens with one attached hydrogen (secondary N) is 1. The van der Waals surface area contributed by atoms with E-state index in [1.807, 2.05) is 0 Å². The van der Waals surface area contributed by atoms with Gasteiger partial charge >= 0.3 is 0 Å². The molecule has 2 rings (SSSR count). The number of hydrazone groups is 1. The van der Waals surface area contributed by atoms with Crippen molar-refractivity contribution in [2.75, 3.05) is 20.8 Å². The van der Waals surface area contributed by atoms with Gasteiger partial charge in [0.2, 0.25) is 0 Å². The zero-order valence-electron chi connectivity index (χ0n) is 13.3. The van der Waals surface area contributed by atoms with Crippen LogP contribution in [0.15, 0.2) is 47.6 Å². The summed E-state index contributed by atoms with van der Waals surface area (Å²) < 4.78 is 15.7. The van der Waals surface area contributed by atoms with Gasteiger partial charge in [-0.2, -0.15) is 5.10 Å². The van der Waals surface area contributed by atoms with E-state index in [1.165, 1.54) is 6.21 Å². The first-order valence-corrected chi connectivity index (χ1v) is 7.42. The molecule has 0 aliphatic rings. The molecule has 0 atom stereocenters. The lowest BCUT2D eigenvalue weighted by atomic mass is 10.2. The van der Waals surface area contributed by atoms with Gasteiger partial charge in [-0.1, -0.05) is 11.6 Å². The quantitative estimate of drug-likeness (QED) is 0.617. The van der Waals surface area contributed by atoms with E-state index in [4.69, 9.17) is 25.8 Å². The van der Waals surface area contributed by atoms with Crippen LogP contribution in [0.5, 0.6) is 17.2 Å². The Morgan fingerprint density at radius 1 is 1.12 bits per heavy atom. The first kappa shape index (κ1) is 17.6. The summed E-state index contributed by atoms with van der Waals surface area (Å²) >= 11 is 5.77. The SMILES string of the molecule is COc1ccc(/C=N/NC(=O)COc2ccc(Cl)cc2)c(OC)c1. The van der Waals surface area contributed by atoms with Crippen molar-refractivity contribution >= 4 is 23.7 Å². The molecule has 7 heteroatoms. The van der Waals surface area contributed by atoms with Crippen molar-refractivity contribution in [2.24, 2.45) is 5.10 Å². The molecule has 2 aromatic rings. The maximum absolute atomic E-state index is 11.7. The number of carbonyl (C=O) groups is 1. The number of amides is 1. The summed E-state index contributed by atoms with van der Waals surface area (Å²) in [6, 6.07) is 12.0. The number of benzene rings is 2. The summed E-state index contributed by atoms with van der Waals surface area (Å²) in [4.78, 5) is 11.7. The highest BCUT2D eigenvalue weighted by atomic mass is 35.5. The summed E-state index contributed by atoms with van der Waals surface area (Å²) in [5, 5.41) is 4.49. The molecule has 0 heterocycles. The Morgan fingerprint density at radius 3 is 2.50 bits per heavy atom. The standard InChI is InChI=1S/C17H17ClN2O4/c1-22-15-6-3-12(16(9-15)23-2)10-19-20-17(21)11-24-14-7-4-13(18)5-8-14/h3-10H,11H2,1-2H3,(H,20,21)/b19-10+. The molecule has 0 fully saturated rings. The fourth-order valence-electron chi connectivity index (χ4n) is 1.81. The third-order valence-electron chi connectivity index (χ3n) is 3.02. The zero-order chi connectivity index (χ0) is 17.4. The molecule has 2 aromatic carbocycles. The van der Waals surface area contributed by atoms with Crippen molar-refractivity contribution < 1.29 is 19.0 Å². The maximum atomic E-state index is 11.7. The molecule has 0 aliphatic carbocycles. The minimum Gasteiger partial charge on any atom is -0.497 e. The molecular weight excluding hydrogens is 332 g/mol. The summed E-state index contributed by atoms with van der Waals surface area (Å²) in [5.41, 5.74) is 3.09. The lowest BCUT2D eigenvalue weighted by molar-refractivity contribution is -0.123. The van der Waals surface area contributed by atoms with Crippen LogP contribution < -0.4 is 19.6 Å². The second kappa shape index (κ2) is 8.79. The predicted octanol–water partition coefficient (Wildman–Crippen LogP) is 2.89. The minimum atomic E-state index is -0.381. The first-order chi connectivity index (χ1) is 11.6. The molecule has 0 unspecified atom stereocenters. The largest absolute Gasteiger partial charge is 0.497 e. The molecule has 0 saturated carbocycles. The molecular formula is C17H17ClN2O4. The lowest BCUT2D eigenvalue weighted by Gasteiger charge is -2.07. The maximum Gasteiger partial charge on any atom is 0.277 e. The zero-order valence-corrected chi connectivity index (χ0v) is 14.0. The van der Waals surface area contributed by atoms with Crippen LogP contribution in [0.2, 0.25) is 5.02 Å². The van der Waals surface area contributed by atoms with Gasteiger partial charge < -0.3 is 14.2 Å². The van der Waals surface area contributed by atoms with Crippen LogP contribution in [0, 0.1) is 0 Å². The fourth-order valence-corrected chi connectivity index (χ4v) is 1.94. The number of rotatable bonds is 7. The van der Waals surface area contributed by atoms with Crippen molar-refractivity contribution in [1.29, 1.82) is 0 Å². The van der Waals surface area contributed by atoms with Crippen LogP contribution in [0.4, 0.5) is 0 Å². The number of methoxy groups -OCH3 is 2. The van der Waals surface area contributed by atoms with Gasteiger partial charge in [0, 0.05) is 16.7 Å². The molecule has 1 amide bonds. The van der Waals surface area contributed by atoms with Crippen molar-refractivity contribution in [1.82, 2.24) is 5.43 Å². The van der Waals surface area contributed by atoms with E-state index in [0.29, 0.717) is 27.8 Å². The van der Waals surface area contributed by atoms with Crippen molar-refractivity contribution in [2.45, 2.75) is 0 Å². The molecule has 0 radical (unpaired) electrons. The van der Waals surface area contributed by atoms with E-state index in [-0.39, 0.29) is 12.5 Å². The summed E-state index contributed by atoms with van der Waals surface area (Å²) in [6.07, 6.45) is 1.48. The van der Waals surface area contributed by atoms with Crippen LogP contribution in [0.25, 0.3) is 0 Å². The molecule has 1 N–H and O–H groups in total. The number of hydrogen-bond donors (Lipinski definition) is 1. The van der Waals surface area contributed by atoms with Crippen molar-refractivity contribution in [3.63, 3.8) is 0 Å². The Balaban J connectivity index is 1.86. The van der Waals surface area contributed by atoms with Gasteiger partial charge in [0.15, 0.2) is 6.61 Å². The second-order valence-corrected chi connectivity index (χ2v) is 5.08. The van der Waals surface area contributed by atoms with Gasteiger partial charge in [0.1, 0.15) is 17.2 Å². The average molecular weight is 349 g/mol. The van der Waals surface area contributed by atoms with E-state index in [1.54, 1.807) is 56.7 Å². The first-order valence-electron chi connectivity index (χ1n) is 7.04. The molecule has 126 valence electrons. The summed E-state index contributed by atoms with van der Waals surface area (Å²) in [6.45, 7) is -0.154. The summed E-state index contributed by atoms with van der Waals surface area (Å²) in [7, 11) is 3.12. The number of hydrogen-bond acceptors (Lipinski definition) is 5. The molecule has 0 saturated heterocycles. The van der Waals surface area contributed by atoms with Crippen LogP contribution in [0.3, 0.4) is 0 Å². The highest BCUT2D eigenvalue weighted by Crippen LogP contribution is 2.23. The Morgan fingerprint density at radius 2 is 1.83 bits per heavy atom. The number of halogens is 1. The van der Waals surface area contributed by atoms with Crippen LogP contribution in [-0.2, 0) is 4.79 Å². The second-order valence-electron chi connectivity index (χ2n) is 4.64. The van der Waals surface area contributed by atoms with Crippen LogP contribution in [-0.4, -0.2) is 32.9 Å². The monoisotopic (exact) mass is 348 g/mol. The molecule has 0 aromatic heterocycles. The Kier molecular flexibility index (Phi) is 6.45. The molecule has 0 bridgehead atoms. The Bertz CT molecular complexity index is 717. The molecule has 0 spiro atoms. The lowest BCUT2D eigenvalue weighted by Crippen LogP contribution is -2.24. The topological polar surface area (TPSA) is 69.2 Å². The Hall–Kier alpha value is -2.73. The average Bonchev–Trinajstić information content (AvgIpc) is 2.61. The van der Waals surface area contributed by atoms with Gasteiger partial charge in [-0.05, 0) is 36.4 Å². The van der Waals surface area contributed by atoms with E-state index in [0.717, 1.165) is 0 Å². The third-order valence-corrected chi connectivity index (χ3v) is 3.27. The molecule has 24 heavy (non-hydrogen) atoms. The van der Waals surface area contributed by atoms with Crippen LogP contribution >= 0.6 is 11.6 Å². The Labute approximate surface area is 145 Å². The molecule has 6 nitrogen and oxygen atoms in total. The van der Waals surface area contributed by atoms with E-state index >= 15 is 0 Å². The number of nitrogens with zero attached hydrogens (tertiary/aromatic N) is 1. The van der Waals surface area contributed by atoms with Gasteiger partial charge in [-0.15, -0.1) is 0 Å². The highest BCUT2D eigenvalue weighted by Gasteiger charge is 2.04. The fraction of sp³-hybridized carbons (Fsp3) is 0.176. The highest BCUT2D eigenvalue weighted by molar-refractivity contribution is 6.30. The third kappa shape index (κ3) is 5.17. The van der Waals surface area contributed by atoms with Gasteiger partial charge in [0.25, 0.3) is 5.91 Å². The van der Waals surface area contributed by atoms with E-state index < -0.39 is 0 Å². The summed E-state index contributed by atoms with van der Waals surface area (Å²) in [5.74, 6) is 1.43. The van der Waals surface area contributed by atoms with Crippen LogP contribution in [0.1, 0.15) is 5.56 Å². The molecule has 0 aliphatic heterocycles. The van der Waals surface area contributed by atoms with E-state index in [9.17, 15) is 4.79 Å². The van der Waals surface area contributed by atoms with Crippen molar-refractivity contribution in [3.05, 3.63) is 53.1 Å². The number of carbonyl (C=O) groups excluding carboxylic acids is 1.